The van der Waals surface area contributed by atoms with E-state index in [0.717, 1.165) is 23.1 Å². The molecule has 0 spiro atoms. The summed E-state index contributed by atoms with van der Waals surface area (Å²) in [5.41, 5.74) is -0.353. The van der Waals surface area contributed by atoms with Gasteiger partial charge in [0.2, 0.25) is 11.7 Å². The molecular formula is C26H17ClN4O10S. The average Bonchev–Trinajstić information content (AvgIpc) is 3.21. The number of carbonyl (C=O) groups is 4. The van der Waals surface area contributed by atoms with Crippen LogP contribution in [-0.2, 0) is 14.3 Å². The van der Waals surface area contributed by atoms with E-state index >= 15 is 0 Å². The van der Waals surface area contributed by atoms with Crippen LogP contribution < -0.4 is 10.1 Å². The van der Waals surface area contributed by atoms with Crippen molar-refractivity contribution in [2.45, 2.75) is 0 Å². The van der Waals surface area contributed by atoms with Crippen molar-refractivity contribution in [3.8, 4) is 11.5 Å². The Morgan fingerprint density at radius 3 is 2.38 bits per heavy atom. The molecule has 1 N–H and O–H groups in total. The van der Waals surface area contributed by atoms with Crippen LogP contribution in [-0.4, -0.2) is 51.4 Å². The molecule has 3 aromatic rings. The molecule has 1 aliphatic rings. The molecule has 0 bridgehead atoms. The van der Waals surface area contributed by atoms with Crippen molar-refractivity contribution in [1.29, 1.82) is 0 Å². The standard InChI is InChI=1S/C26H17ClN4O10S/c1-40-25(34)18-11-15(4-8-19(18)27)28-23(32)13-29-24(33)22(42-26(29)35)10-14-2-6-17(7-3-14)41-21-9-5-16(30(36)37)12-20(21)31(38)39/h2-12H,13H2,1H3,(H,28,32)/b22-10+. The van der Waals surface area contributed by atoms with Crippen molar-refractivity contribution in [2.24, 2.45) is 0 Å². The van der Waals surface area contributed by atoms with Crippen LogP contribution >= 0.6 is 23.4 Å². The van der Waals surface area contributed by atoms with E-state index in [1.165, 1.54) is 55.7 Å². The molecule has 42 heavy (non-hydrogen) atoms. The quantitative estimate of drug-likeness (QED) is 0.141. The van der Waals surface area contributed by atoms with Crippen molar-refractivity contribution in [3.05, 3.63) is 102 Å². The second kappa shape index (κ2) is 12.5. The molecule has 1 fully saturated rings. The molecule has 1 heterocycles. The Labute approximate surface area is 245 Å². The minimum absolute atomic E-state index is 0.0217. The number of benzene rings is 3. The van der Waals surface area contributed by atoms with Crippen LogP contribution in [0.2, 0.25) is 5.02 Å². The van der Waals surface area contributed by atoms with E-state index in [9.17, 15) is 39.4 Å². The fraction of sp³-hybridized carbons (Fsp3) is 0.0769. The summed E-state index contributed by atoms with van der Waals surface area (Å²) < 4.78 is 10.2. The molecule has 0 saturated carbocycles. The number of rotatable bonds is 9. The number of halogens is 1. The Kier molecular flexibility index (Phi) is 8.83. The van der Waals surface area contributed by atoms with Gasteiger partial charge in [-0.05, 0) is 59.8 Å². The fourth-order valence-electron chi connectivity index (χ4n) is 3.61. The van der Waals surface area contributed by atoms with Gasteiger partial charge in [-0.3, -0.25) is 39.5 Å². The van der Waals surface area contributed by atoms with Crippen LogP contribution in [0.15, 0.2) is 65.6 Å². The molecule has 16 heteroatoms. The van der Waals surface area contributed by atoms with Crippen molar-refractivity contribution in [2.75, 3.05) is 19.0 Å². The van der Waals surface area contributed by atoms with E-state index in [-0.39, 0.29) is 32.7 Å². The van der Waals surface area contributed by atoms with E-state index in [2.05, 4.69) is 10.1 Å². The first-order chi connectivity index (χ1) is 20.0. The number of nitro benzene ring substituents is 2. The van der Waals surface area contributed by atoms with Gasteiger partial charge in [0, 0.05) is 11.8 Å². The van der Waals surface area contributed by atoms with E-state index in [1.54, 1.807) is 0 Å². The molecule has 3 aromatic carbocycles. The highest BCUT2D eigenvalue weighted by Gasteiger charge is 2.36. The van der Waals surface area contributed by atoms with Crippen LogP contribution in [0.5, 0.6) is 11.5 Å². The van der Waals surface area contributed by atoms with Crippen LogP contribution in [0.25, 0.3) is 6.08 Å². The Morgan fingerprint density at radius 1 is 1.02 bits per heavy atom. The van der Waals surface area contributed by atoms with Crippen molar-refractivity contribution in [3.63, 3.8) is 0 Å². The molecule has 0 radical (unpaired) electrons. The van der Waals surface area contributed by atoms with Gasteiger partial charge < -0.3 is 14.8 Å². The lowest BCUT2D eigenvalue weighted by atomic mass is 10.2. The molecule has 3 amide bonds. The first kappa shape index (κ1) is 29.7. The Hall–Kier alpha value is -5.28. The number of imide groups is 1. The molecule has 0 unspecified atom stereocenters. The molecule has 4 rings (SSSR count). The lowest BCUT2D eigenvalue weighted by Crippen LogP contribution is -2.36. The third kappa shape index (κ3) is 6.71. The van der Waals surface area contributed by atoms with Gasteiger partial charge in [0.1, 0.15) is 12.3 Å². The number of nitro groups is 2. The number of amides is 3. The average molecular weight is 613 g/mol. The predicted molar refractivity (Wildman–Crippen MR) is 150 cm³/mol. The molecule has 0 aliphatic carbocycles. The number of anilines is 1. The lowest BCUT2D eigenvalue weighted by Gasteiger charge is -2.13. The number of carbonyl (C=O) groups excluding carboxylic acids is 4. The number of ether oxygens (including phenoxy) is 2. The van der Waals surface area contributed by atoms with Gasteiger partial charge in [-0.1, -0.05) is 23.7 Å². The number of thioether (sulfide) groups is 1. The predicted octanol–water partition coefficient (Wildman–Crippen LogP) is 5.41. The lowest BCUT2D eigenvalue weighted by molar-refractivity contribution is -0.394. The Bertz CT molecular complexity index is 1680. The van der Waals surface area contributed by atoms with E-state index in [4.69, 9.17) is 16.3 Å². The number of methoxy groups -OCH3 is 1. The number of esters is 1. The van der Waals surface area contributed by atoms with Crippen LogP contribution in [0.1, 0.15) is 15.9 Å². The summed E-state index contributed by atoms with van der Waals surface area (Å²) >= 11 is 6.60. The number of hydrogen-bond donors (Lipinski definition) is 1. The zero-order valence-corrected chi connectivity index (χ0v) is 22.8. The topological polar surface area (TPSA) is 188 Å². The van der Waals surface area contributed by atoms with Gasteiger partial charge in [-0.2, -0.15) is 0 Å². The molecule has 0 atom stereocenters. The minimum atomic E-state index is -0.803. The summed E-state index contributed by atoms with van der Waals surface area (Å²) in [6.45, 7) is -0.584. The molecule has 214 valence electrons. The zero-order valence-electron chi connectivity index (χ0n) is 21.3. The number of hydrogen-bond acceptors (Lipinski definition) is 11. The summed E-state index contributed by atoms with van der Waals surface area (Å²) in [5, 5.41) is 24.2. The first-order valence-corrected chi connectivity index (χ1v) is 12.8. The van der Waals surface area contributed by atoms with Gasteiger partial charge in [0.05, 0.1) is 38.5 Å². The zero-order chi connectivity index (χ0) is 30.6. The van der Waals surface area contributed by atoms with Gasteiger partial charge in [-0.25, -0.2) is 4.79 Å². The van der Waals surface area contributed by atoms with Crippen molar-refractivity contribution >= 4 is 69.5 Å². The second-order valence-electron chi connectivity index (χ2n) is 8.34. The summed E-state index contributed by atoms with van der Waals surface area (Å²) in [7, 11) is 1.18. The minimum Gasteiger partial charge on any atom is -0.465 e. The van der Waals surface area contributed by atoms with Gasteiger partial charge in [-0.15, -0.1) is 0 Å². The van der Waals surface area contributed by atoms with Gasteiger partial charge in [0.25, 0.3) is 16.8 Å². The van der Waals surface area contributed by atoms with E-state index < -0.39 is 50.8 Å². The van der Waals surface area contributed by atoms with Crippen molar-refractivity contribution < 1.29 is 38.5 Å². The van der Waals surface area contributed by atoms with Crippen LogP contribution in [0.3, 0.4) is 0 Å². The molecule has 1 aliphatic heterocycles. The Balaban J connectivity index is 1.42. The smallest absolute Gasteiger partial charge is 0.339 e. The highest BCUT2D eigenvalue weighted by atomic mass is 35.5. The number of nitrogens with one attached hydrogen (secondary N) is 1. The normalized spacial score (nSPS) is 13.7. The number of non-ortho nitro benzene ring substituents is 1. The highest BCUT2D eigenvalue weighted by Crippen LogP contribution is 2.35. The van der Waals surface area contributed by atoms with Gasteiger partial charge in [0.15, 0.2) is 0 Å². The summed E-state index contributed by atoms with van der Waals surface area (Å²) in [4.78, 5) is 71.1. The maximum atomic E-state index is 12.8. The van der Waals surface area contributed by atoms with Crippen molar-refractivity contribution in [1.82, 2.24) is 4.90 Å². The maximum absolute atomic E-state index is 12.8. The highest BCUT2D eigenvalue weighted by molar-refractivity contribution is 8.18. The molecule has 14 nitrogen and oxygen atoms in total. The molecule has 1 saturated heterocycles. The summed E-state index contributed by atoms with van der Waals surface area (Å²) in [5.74, 6) is -2.14. The van der Waals surface area contributed by atoms with Gasteiger partial charge >= 0.3 is 11.7 Å². The Morgan fingerprint density at radius 2 is 1.74 bits per heavy atom. The van der Waals surface area contributed by atoms with Crippen LogP contribution in [0, 0.1) is 20.2 Å². The molecular weight excluding hydrogens is 596 g/mol. The largest absolute Gasteiger partial charge is 0.465 e. The summed E-state index contributed by atoms with van der Waals surface area (Å²) in [6, 6.07) is 13.0. The molecule has 0 aromatic heterocycles. The third-order valence-electron chi connectivity index (χ3n) is 5.59. The SMILES string of the molecule is COC(=O)c1cc(NC(=O)CN2C(=O)S/C(=C/c3ccc(Oc4ccc([N+](=O)[O-])cc4[N+](=O)[O-])cc3)C2=O)ccc1Cl. The fourth-order valence-corrected chi connectivity index (χ4v) is 4.64. The number of nitrogens with zero attached hydrogens (tertiary/aromatic N) is 3. The first-order valence-electron chi connectivity index (χ1n) is 11.6. The van der Waals surface area contributed by atoms with E-state index in [0.29, 0.717) is 17.3 Å². The third-order valence-corrected chi connectivity index (χ3v) is 6.82. The van der Waals surface area contributed by atoms with E-state index in [1.807, 2.05) is 0 Å². The second-order valence-corrected chi connectivity index (χ2v) is 9.74. The van der Waals surface area contributed by atoms with Crippen LogP contribution in [0.4, 0.5) is 21.9 Å². The maximum Gasteiger partial charge on any atom is 0.339 e. The summed E-state index contributed by atoms with van der Waals surface area (Å²) in [6.07, 6.45) is 1.42. The monoisotopic (exact) mass is 612 g/mol.